The maximum atomic E-state index is 9.02. The molecule has 0 N–H and O–H groups in total. The summed E-state index contributed by atoms with van der Waals surface area (Å²) in [6.07, 6.45) is 5.32. The molecule has 2 aromatic heterocycles. The SMILES string of the molecule is C[Si](C)(C)CCOCn1ccc2c(C#N)cncc21. The first-order chi connectivity index (χ1) is 9.01. The minimum absolute atomic E-state index is 0.518. The number of pyridine rings is 1. The molecule has 0 bridgehead atoms. The van der Waals surface area contributed by atoms with Crippen LogP contribution in [0.5, 0.6) is 0 Å². The molecular weight excluding hydrogens is 254 g/mol. The zero-order valence-electron chi connectivity index (χ0n) is 11.7. The van der Waals surface area contributed by atoms with Gasteiger partial charge in [-0.05, 0) is 12.1 Å². The number of hydrogen-bond donors (Lipinski definition) is 0. The molecule has 0 spiro atoms. The van der Waals surface area contributed by atoms with Crippen molar-refractivity contribution < 1.29 is 4.74 Å². The van der Waals surface area contributed by atoms with Crippen LogP contribution in [0.2, 0.25) is 25.7 Å². The lowest BCUT2D eigenvalue weighted by molar-refractivity contribution is 0.0902. The average molecular weight is 273 g/mol. The van der Waals surface area contributed by atoms with Crippen molar-refractivity contribution >= 4 is 19.0 Å². The van der Waals surface area contributed by atoms with E-state index in [0.29, 0.717) is 12.3 Å². The van der Waals surface area contributed by atoms with Crippen LogP contribution < -0.4 is 0 Å². The topological polar surface area (TPSA) is 50.8 Å². The van der Waals surface area contributed by atoms with Crippen molar-refractivity contribution in [2.24, 2.45) is 0 Å². The van der Waals surface area contributed by atoms with Crippen LogP contribution in [0.4, 0.5) is 0 Å². The largest absolute Gasteiger partial charge is 0.361 e. The first-order valence-corrected chi connectivity index (χ1v) is 10.1. The Labute approximate surface area is 114 Å². The van der Waals surface area contributed by atoms with Gasteiger partial charge in [-0.2, -0.15) is 5.26 Å². The Morgan fingerprint density at radius 2 is 2.16 bits per heavy atom. The molecule has 0 atom stereocenters. The lowest BCUT2D eigenvalue weighted by atomic mass is 10.2. The highest BCUT2D eigenvalue weighted by atomic mass is 28.3. The highest BCUT2D eigenvalue weighted by molar-refractivity contribution is 6.76. The van der Waals surface area contributed by atoms with Gasteiger partial charge in [0, 0.05) is 32.5 Å². The Kier molecular flexibility index (Phi) is 4.03. The maximum Gasteiger partial charge on any atom is 0.122 e. The van der Waals surface area contributed by atoms with Gasteiger partial charge in [-0.15, -0.1) is 0 Å². The summed E-state index contributed by atoms with van der Waals surface area (Å²) in [7, 11) is -1.04. The van der Waals surface area contributed by atoms with Crippen LogP contribution in [0.1, 0.15) is 5.56 Å². The van der Waals surface area contributed by atoms with Gasteiger partial charge in [0.05, 0.1) is 17.3 Å². The van der Waals surface area contributed by atoms with E-state index < -0.39 is 8.07 Å². The van der Waals surface area contributed by atoms with Crippen molar-refractivity contribution in [3.05, 3.63) is 30.2 Å². The molecule has 2 heterocycles. The molecule has 19 heavy (non-hydrogen) atoms. The minimum atomic E-state index is -1.04. The maximum absolute atomic E-state index is 9.02. The second-order valence-corrected chi connectivity index (χ2v) is 11.5. The molecule has 0 radical (unpaired) electrons. The van der Waals surface area contributed by atoms with Gasteiger partial charge >= 0.3 is 0 Å². The first kappa shape index (κ1) is 13.8. The van der Waals surface area contributed by atoms with Crippen LogP contribution in [-0.2, 0) is 11.5 Å². The zero-order chi connectivity index (χ0) is 13.9. The molecule has 5 heteroatoms. The zero-order valence-corrected chi connectivity index (χ0v) is 12.7. The number of hydrogen-bond acceptors (Lipinski definition) is 3. The Morgan fingerprint density at radius 3 is 2.84 bits per heavy atom. The van der Waals surface area contributed by atoms with Crippen LogP contribution in [-0.4, -0.2) is 24.2 Å². The Balaban J connectivity index is 2.04. The van der Waals surface area contributed by atoms with Crippen molar-refractivity contribution in [1.29, 1.82) is 5.26 Å². The molecule has 0 aliphatic heterocycles. The van der Waals surface area contributed by atoms with Gasteiger partial charge in [-0.1, -0.05) is 19.6 Å². The third kappa shape index (κ3) is 3.43. The molecular formula is C14H19N3OSi. The van der Waals surface area contributed by atoms with Crippen LogP contribution in [0.3, 0.4) is 0 Å². The first-order valence-electron chi connectivity index (χ1n) is 6.42. The number of nitrogens with zero attached hydrogens (tertiary/aromatic N) is 3. The van der Waals surface area contributed by atoms with Crippen molar-refractivity contribution in [2.45, 2.75) is 32.4 Å². The van der Waals surface area contributed by atoms with Crippen LogP contribution in [0.25, 0.3) is 10.9 Å². The fraction of sp³-hybridized carbons (Fsp3) is 0.429. The number of ether oxygens (including phenoxy) is 1. The van der Waals surface area contributed by atoms with Crippen molar-refractivity contribution in [3.8, 4) is 6.07 Å². The molecule has 0 aromatic carbocycles. The van der Waals surface area contributed by atoms with E-state index in [1.807, 2.05) is 16.8 Å². The van der Waals surface area contributed by atoms with Gasteiger partial charge < -0.3 is 9.30 Å². The third-order valence-corrected chi connectivity index (χ3v) is 4.75. The fourth-order valence-electron chi connectivity index (χ4n) is 1.85. The predicted octanol–water partition coefficient (Wildman–Crippen LogP) is 3.22. The summed E-state index contributed by atoms with van der Waals surface area (Å²) < 4.78 is 7.72. The minimum Gasteiger partial charge on any atom is -0.361 e. The molecule has 0 saturated carbocycles. The molecule has 0 unspecified atom stereocenters. The molecule has 0 aliphatic rings. The molecule has 0 aliphatic carbocycles. The summed E-state index contributed by atoms with van der Waals surface area (Å²) in [6.45, 7) is 8.32. The van der Waals surface area contributed by atoms with Crippen molar-refractivity contribution in [2.75, 3.05) is 6.61 Å². The normalized spacial score (nSPS) is 11.7. The van der Waals surface area contributed by atoms with Crippen molar-refractivity contribution in [3.63, 3.8) is 0 Å². The molecule has 0 saturated heterocycles. The standard InChI is InChI=1S/C14H19N3OSi/c1-19(2,3)7-6-18-11-17-5-4-13-12(8-15)9-16-10-14(13)17/h4-5,9-10H,6-7,11H2,1-3H3. The summed E-state index contributed by atoms with van der Waals surface area (Å²) in [4.78, 5) is 4.09. The van der Waals surface area contributed by atoms with E-state index in [4.69, 9.17) is 10.00 Å². The summed E-state index contributed by atoms with van der Waals surface area (Å²) >= 11 is 0. The summed E-state index contributed by atoms with van der Waals surface area (Å²) in [5, 5.41) is 9.96. The third-order valence-electron chi connectivity index (χ3n) is 3.04. The van der Waals surface area contributed by atoms with E-state index in [1.54, 1.807) is 12.4 Å². The lowest BCUT2D eigenvalue weighted by Gasteiger charge is -2.15. The fourth-order valence-corrected chi connectivity index (χ4v) is 2.61. The van der Waals surface area contributed by atoms with Gasteiger partial charge in [0.15, 0.2) is 0 Å². The average Bonchev–Trinajstić information content (AvgIpc) is 2.76. The second kappa shape index (κ2) is 5.55. The van der Waals surface area contributed by atoms with Crippen molar-refractivity contribution in [1.82, 2.24) is 9.55 Å². The molecule has 0 amide bonds. The summed E-state index contributed by atoms with van der Waals surface area (Å²) in [5.41, 5.74) is 1.56. The monoisotopic (exact) mass is 273 g/mol. The van der Waals surface area contributed by atoms with E-state index >= 15 is 0 Å². The summed E-state index contributed by atoms with van der Waals surface area (Å²) in [5.74, 6) is 0. The van der Waals surface area contributed by atoms with Crippen LogP contribution in [0.15, 0.2) is 24.7 Å². The highest BCUT2D eigenvalue weighted by Gasteiger charge is 2.12. The molecule has 4 nitrogen and oxygen atoms in total. The van der Waals surface area contributed by atoms with Crippen LogP contribution >= 0.6 is 0 Å². The Morgan fingerprint density at radius 1 is 1.37 bits per heavy atom. The number of fused-ring (bicyclic) bond motifs is 1. The molecule has 2 aromatic rings. The molecule has 0 fully saturated rings. The van der Waals surface area contributed by atoms with E-state index in [-0.39, 0.29) is 0 Å². The predicted molar refractivity (Wildman–Crippen MR) is 78.6 cm³/mol. The van der Waals surface area contributed by atoms with Crippen LogP contribution in [0, 0.1) is 11.3 Å². The summed E-state index contributed by atoms with van der Waals surface area (Å²) in [6, 6.07) is 5.26. The number of nitriles is 1. The smallest absolute Gasteiger partial charge is 0.122 e. The Hall–Kier alpha value is -1.64. The Bertz CT molecular complexity index is 607. The van der Waals surface area contributed by atoms with Gasteiger partial charge in [-0.3, -0.25) is 4.98 Å². The van der Waals surface area contributed by atoms with E-state index in [1.165, 1.54) is 0 Å². The van der Waals surface area contributed by atoms with Gasteiger partial charge in [0.2, 0.25) is 0 Å². The van der Waals surface area contributed by atoms with Gasteiger partial charge in [0.25, 0.3) is 0 Å². The molecule has 100 valence electrons. The highest BCUT2D eigenvalue weighted by Crippen LogP contribution is 2.18. The lowest BCUT2D eigenvalue weighted by Crippen LogP contribution is -2.21. The van der Waals surface area contributed by atoms with E-state index in [0.717, 1.165) is 23.6 Å². The number of rotatable bonds is 5. The van der Waals surface area contributed by atoms with E-state index in [2.05, 4.69) is 30.7 Å². The number of aromatic nitrogens is 2. The second-order valence-electron chi connectivity index (χ2n) is 5.87. The van der Waals surface area contributed by atoms with E-state index in [9.17, 15) is 0 Å². The van der Waals surface area contributed by atoms with Gasteiger partial charge in [-0.25, -0.2) is 0 Å². The quantitative estimate of drug-likeness (QED) is 0.621. The van der Waals surface area contributed by atoms with Gasteiger partial charge in [0.1, 0.15) is 12.8 Å². The molecule has 2 rings (SSSR count).